The molecule has 6 rings (SSSR count). The predicted octanol–water partition coefficient (Wildman–Crippen LogP) is 5.99. The van der Waals surface area contributed by atoms with Gasteiger partial charge in [-0.1, -0.05) is 36.2 Å². The summed E-state index contributed by atoms with van der Waals surface area (Å²) in [5, 5.41) is 22.0. The molecule has 0 aliphatic carbocycles. The molecule has 0 spiro atoms. The van der Waals surface area contributed by atoms with E-state index in [4.69, 9.17) is 38.1 Å². The van der Waals surface area contributed by atoms with Crippen molar-refractivity contribution < 1.29 is 23.8 Å². The zero-order valence-corrected chi connectivity index (χ0v) is 25.6. The Morgan fingerprint density at radius 2 is 2.11 bits per heavy atom. The van der Waals surface area contributed by atoms with Gasteiger partial charge >= 0.3 is 6.09 Å². The molecule has 0 saturated heterocycles. The zero-order valence-electron chi connectivity index (χ0n) is 23.3. The quantitative estimate of drug-likeness (QED) is 0.157. The second-order valence-electron chi connectivity index (χ2n) is 10.1. The molecule has 1 aliphatic rings. The number of benzene rings is 2. The number of thiazole rings is 1. The number of aryl methyl sites for hydroxylation is 1. The Labute approximate surface area is 264 Å². The minimum Gasteiger partial charge on any atom is -0.491 e. The van der Waals surface area contributed by atoms with E-state index in [1.807, 2.05) is 19.1 Å². The molecular weight excluding hydrogens is 632 g/mol. The summed E-state index contributed by atoms with van der Waals surface area (Å²) in [4.78, 5) is 33.0. The summed E-state index contributed by atoms with van der Waals surface area (Å²) in [6.45, 7) is 2.49. The van der Waals surface area contributed by atoms with Crippen LogP contribution in [0.1, 0.15) is 29.9 Å². The first-order valence-electron chi connectivity index (χ1n) is 13.7. The Morgan fingerprint density at radius 3 is 2.86 bits per heavy atom. The normalized spacial score (nSPS) is 14.9. The Hall–Kier alpha value is -4.20. The highest BCUT2D eigenvalue weighted by Crippen LogP contribution is 2.40. The number of carboxylic acid groups (broad SMARTS) is 1. The van der Waals surface area contributed by atoms with Gasteiger partial charge in [-0.15, -0.1) is 11.3 Å². The number of anilines is 1. The van der Waals surface area contributed by atoms with Crippen LogP contribution >= 0.6 is 34.5 Å². The second kappa shape index (κ2) is 12.4. The van der Waals surface area contributed by atoms with Gasteiger partial charge in [0.15, 0.2) is 11.2 Å². The Morgan fingerprint density at radius 1 is 1.27 bits per heavy atom. The van der Waals surface area contributed by atoms with E-state index >= 15 is 0 Å². The fourth-order valence-corrected chi connectivity index (χ4v) is 6.38. The summed E-state index contributed by atoms with van der Waals surface area (Å²) in [6, 6.07) is 6.29. The molecule has 1 aliphatic heterocycles. The number of nitrogens with zero attached hydrogens (tertiary/aromatic N) is 5. The molecule has 0 saturated carbocycles. The van der Waals surface area contributed by atoms with Gasteiger partial charge < -0.3 is 19.7 Å². The second-order valence-corrected chi connectivity index (χ2v) is 11.8. The smallest absolute Gasteiger partial charge is 0.404 e. The number of nitrogens with one attached hydrogen (secondary N) is 2. The molecule has 2 aromatic carbocycles. The van der Waals surface area contributed by atoms with Crippen LogP contribution in [0.4, 0.5) is 14.3 Å². The summed E-state index contributed by atoms with van der Waals surface area (Å²) in [7, 11) is 0. The van der Waals surface area contributed by atoms with Crippen molar-refractivity contribution in [2.75, 3.05) is 18.5 Å². The van der Waals surface area contributed by atoms with Crippen molar-refractivity contribution in [2.45, 2.75) is 38.5 Å². The number of alkyl halides is 1. The van der Waals surface area contributed by atoms with Crippen molar-refractivity contribution in [3.8, 4) is 16.9 Å². The van der Waals surface area contributed by atoms with Crippen LogP contribution in [0.3, 0.4) is 0 Å². The number of carbonyl (C=O) groups excluding carboxylic acids is 1. The maximum atomic E-state index is 14.3. The van der Waals surface area contributed by atoms with Crippen molar-refractivity contribution in [2.24, 2.45) is 0 Å². The maximum absolute atomic E-state index is 14.3. The van der Waals surface area contributed by atoms with Crippen LogP contribution in [0.15, 0.2) is 48.4 Å². The lowest BCUT2D eigenvalue weighted by Gasteiger charge is -2.16. The molecule has 0 bridgehead atoms. The van der Waals surface area contributed by atoms with Gasteiger partial charge in [0.05, 0.1) is 35.2 Å². The van der Waals surface area contributed by atoms with Crippen LogP contribution in [0.2, 0.25) is 10.0 Å². The van der Waals surface area contributed by atoms with Crippen molar-refractivity contribution in [3.63, 3.8) is 0 Å². The fraction of sp³-hybridized carbons (Fsp3) is 0.276. The number of aromatic nitrogens is 5. The maximum Gasteiger partial charge on any atom is 0.404 e. The number of hydrogen-bond donors (Lipinski definition) is 3. The van der Waals surface area contributed by atoms with Gasteiger partial charge in [0.25, 0.3) is 5.91 Å². The SMILES string of the molecule is CCc1cc(-c2cc(Cl)c3cn(C(C(=O)Nc4nccs4)c4ncn5c4CC(F)C5)nc3c2Cl)ccc1OCCNC(=O)O. The minimum atomic E-state index is -1.11. The fourth-order valence-electron chi connectivity index (χ4n) is 5.30. The van der Waals surface area contributed by atoms with E-state index in [1.165, 1.54) is 22.3 Å². The monoisotopic (exact) mass is 657 g/mol. The van der Waals surface area contributed by atoms with Gasteiger partial charge in [-0.05, 0) is 35.7 Å². The third kappa shape index (κ3) is 5.82. The van der Waals surface area contributed by atoms with Crippen LogP contribution in [-0.4, -0.2) is 60.7 Å². The van der Waals surface area contributed by atoms with Crippen molar-refractivity contribution in [1.29, 1.82) is 0 Å². The summed E-state index contributed by atoms with van der Waals surface area (Å²) in [5.74, 6) is 0.194. The highest BCUT2D eigenvalue weighted by Gasteiger charge is 2.34. The van der Waals surface area contributed by atoms with Gasteiger partial charge in [0, 0.05) is 40.8 Å². The van der Waals surface area contributed by atoms with E-state index < -0.39 is 24.2 Å². The molecule has 228 valence electrons. The minimum absolute atomic E-state index is 0.137. The number of imidazole rings is 1. The third-order valence-electron chi connectivity index (χ3n) is 7.32. The average Bonchev–Trinajstić information content (AvgIpc) is 3.80. The highest BCUT2D eigenvalue weighted by molar-refractivity contribution is 7.13. The molecule has 2 atom stereocenters. The highest BCUT2D eigenvalue weighted by atomic mass is 35.5. The van der Waals surface area contributed by atoms with E-state index in [0.29, 0.717) is 55.2 Å². The molecule has 0 radical (unpaired) electrons. The molecule has 2 amide bonds. The van der Waals surface area contributed by atoms with Crippen molar-refractivity contribution in [3.05, 3.63) is 75.4 Å². The lowest BCUT2D eigenvalue weighted by molar-refractivity contribution is -0.118. The van der Waals surface area contributed by atoms with Crippen LogP contribution in [0.5, 0.6) is 5.75 Å². The van der Waals surface area contributed by atoms with Crippen LogP contribution in [0.25, 0.3) is 22.0 Å². The molecule has 3 aromatic heterocycles. The number of amides is 2. The largest absolute Gasteiger partial charge is 0.491 e. The number of hydrogen-bond acceptors (Lipinski definition) is 7. The van der Waals surface area contributed by atoms with Crippen LogP contribution < -0.4 is 15.4 Å². The van der Waals surface area contributed by atoms with Crippen LogP contribution in [0, 0.1) is 0 Å². The first kappa shape index (κ1) is 29.9. The Kier molecular flexibility index (Phi) is 8.43. The van der Waals surface area contributed by atoms with E-state index in [-0.39, 0.29) is 26.1 Å². The molecule has 4 heterocycles. The van der Waals surface area contributed by atoms with Gasteiger partial charge in [-0.25, -0.2) is 19.2 Å². The van der Waals surface area contributed by atoms with Crippen LogP contribution in [-0.2, 0) is 24.2 Å². The third-order valence-corrected chi connectivity index (χ3v) is 8.70. The lowest BCUT2D eigenvalue weighted by atomic mass is 10.00. The van der Waals surface area contributed by atoms with Crippen molar-refractivity contribution >= 4 is 62.6 Å². The molecule has 11 nitrogen and oxygen atoms in total. The number of rotatable bonds is 10. The number of fused-ring (bicyclic) bond motifs is 2. The summed E-state index contributed by atoms with van der Waals surface area (Å²) < 4.78 is 23.3. The summed E-state index contributed by atoms with van der Waals surface area (Å²) >= 11 is 15.0. The zero-order chi connectivity index (χ0) is 31.0. The van der Waals surface area contributed by atoms with E-state index in [9.17, 15) is 14.0 Å². The average molecular weight is 659 g/mol. The van der Waals surface area contributed by atoms with E-state index in [1.54, 1.807) is 34.5 Å². The van der Waals surface area contributed by atoms with Gasteiger partial charge in [-0.2, -0.15) is 5.10 Å². The van der Waals surface area contributed by atoms with Crippen molar-refractivity contribution in [1.82, 2.24) is 29.6 Å². The summed E-state index contributed by atoms with van der Waals surface area (Å²) in [6.07, 6.45) is 3.38. The topological polar surface area (TPSA) is 136 Å². The lowest BCUT2D eigenvalue weighted by Crippen LogP contribution is -2.28. The predicted molar refractivity (Wildman–Crippen MR) is 166 cm³/mol. The molecule has 15 heteroatoms. The molecule has 3 N–H and O–H groups in total. The summed E-state index contributed by atoms with van der Waals surface area (Å²) in [5.41, 5.74) is 3.71. The molecular formula is C29H26Cl2FN7O4S. The van der Waals surface area contributed by atoms with Gasteiger partial charge in [0.1, 0.15) is 24.0 Å². The van der Waals surface area contributed by atoms with E-state index in [0.717, 1.165) is 11.1 Å². The number of ether oxygens (including phenoxy) is 1. The Balaban J connectivity index is 1.37. The Bertz CT molecular complexity index is 1860. The standard InChI is InChI=1S/C29H26Cl2FN7O4S/c1-2-15-9-16(3-4-22(15)43-7-5-34-29(41)42)18-11-20(30)19-13-39(37-24(19)23(18)31)26(27(40)36-28-33-6-8-44-28)25-21-10-17(32)12-38(21)14-35-25/h3-4,6,8-9,11,13-14,17,26,34H,2,5,7,10,12H2,1H3,(H,41,42)(H,33,36,40). The van der Waals surface area contributed by atoms with Gasteiger partial charge in [0.2, 0.25) is 0 Å². The number of carbonyl (C=O) groups is 2. The molecule has 5 aromatic rings. The van der Waals surface area contributed by atoms with Gasteiger partial charge in [-0.3, -0.25) is 14.8 Å². The molecule has 44 heavy (non-hydrogen) atoms. The first-order chi connectivity index (χ1) is 21.2. The molecule has 2 unspecified atom stereocenters. The molecule has 0 fully saturated rings. The first-order valence-corrected chi connectivity index (χ1v) is 15.3. The van der Waals surface area contributed by atoms with E-state index in [2.05, 4.69) is 20.6 Å². The number of halogens is 3.